The fraction of sp³-hybridized carbons (Fsp3) is 0.240. The molecule has 0 radical (unpaired) electrons. The standard InChI is InChI=1S/C25H23N3O3/c29-23(16-26-24(30)20-10-9-17-5-1-2-6-19(17)15-20)28-13-11-18(12-14-28)25-27-21-7-3-4-8-22(21)31-25/h1-10,15,18H,11-14,16H2,(H,26,30). The number of amides is 2. The molecule has 6 nitrogen and oxygen atoms in total. The highest BCUT2D eigenvalue weighted by Crippen LogP contribution is 2.29. The molecule has 1 aliphatic heterocycles. The Morgan fingerprint density at radius 1 is 0.968 bits per heavy atom. The van der Waals surface area contributed by atoms with Crippen molar-refractivity contribution >= 4 is 33.7 Å². The van der Waals surface area contributed by atoms with Crippen molar-refractivity contribution in [3.63, 3.8) is 0 Å². The summed E-state index contributed by atoms with van der Waals surface area (Å²) in [6.45, 7) is 1.27. The molecule has 1 aromatic heterocycles. The molecule has 156 valence electrons. The molecule has 5 rings (SSSR count). The lowest BCUT2D eigenvalue weighted by atomic mass is 9.97. The maximum Gasteiger partial charge on any atom is 0.251 e. The molecule has 1 aliphatic rings. The Labute approximate surface area is 179 Å². The smallest absolute Gasteiger partial charge is 0.251 e. The molecule has 2 amide bonds. The summed E-state index contributed by atoms with van der Waals surface area (Å²) in [7, 11) is 0. The Morgan fingerprint density at radius 3 is 2.52 bits per heavy atom. The first-order valence-corrected chi connectivity index (χ1v) is 10.6. The molecule has 2 heterocycles. The number of nitrogens with zero attached hydrogens (tertiary/aromatic N) is 2. The highest BCUT2D eigenvalue weighted by atomic mass is 16.3. The predicted molar refractivity (Wildman–Crippen MR) is 119 cm³/mol. The fourth-order valence-electron chi connectivity index (χ4n) is 4.14. The zero-order chi connectivity index (χ0) is 21.2. The van der Waals surface area contributed by atoms with Crippen molar-refractivity contribution in [2.24, 2.45) is 0 Å². The highest BCUT2D eigenvalue weighted by molar-refractivity contribution is 6.00. The monoisotopic (exact) mass is 413 g/mol. The molecule has 3 aromatic carbocycles. The molecule has 0 unspecified atom stereocenters. The number of hydrogen-bond acceptors (Lipinski definition) is 4. The van der Waals surface area contributed by atoms with Gasteiger partial charge >= 0.3 is 0 Å². The van der Waals surface area contributed by atoms with Gasteiger partial charge in [0.05, 0.1) is 6.54 Å². The zero-order valence-electron chi connectivity index (χ0n) is 17.1. The number of oxazole rings is 1. The van der Waals surface area contributed by atoms with Crippen LogP contribution < -0.4 is 5.32 Å². The summed E-state index contributed by atoms with van der Waals surface area (Å²) in [6, 6.07) is 21.2. The molecule has 0 atom stereocenters. The average molecular weight is 413 g/mol. The molecule has 0 aliphatic carbocycles. The lowest BCUT2D eigenvalue weighted by molar-refractivity contribution is -0.131. The summed E-state index contributed by atoms with van der Waals surface area (Å²) in [5, 5.41) is 4.84. The van der Waals surface area contributed by atoms with Gasteiger partial charge in [0.25, 0.3) is 5.91 Å². The molecular formula is C25H23N3O3. The average Bonchev–Trinajstić information content (AvgIpc) is 3.26. The van der Waals surface area contributed by atoms with Crippen molar-refractivity contribution in [2.45, 2.75) is 18.8 Å². The van der Waals surface area contributed by atoms with E-state index in [2.05, 4.69) is 10.3 Å². The normalized spacial score (nSPS) is 14.8. The Balaban J connectivity index is 1.15. The van der Waals surface area contributed by atoms with Crippen molar-refractivity contribution in [3.05, 3.63) is 78.2 Å². The van der Waals surface area contributed by atoms with E-state index in [1.54, 1.807) is 11.0 Å². The van der Waals surface area contributed by atoms with E-state index in [1.165, 1.54) is 0 Å². The van der Waals surface area contributed by atoms with Gasteiger partial charge in [-0.1, -0.05) is 42.5 Å². The molecule has 0 bridgehead atoms. The van der Waals surface area contributed by atoms with E-state index in [1.807, 2.05) is 60.7 Å². The van der Waals surface area contributed by atoms with E-state index in [4.69, 9.17) is 4.42 Å². The van der Waals surface area contributed by atoms with E-state index in [0.717, 1.165) is 40.6 Å². The second-order valence-electron chi connectivity index (χ2n) is 7.92. The van der Waals surface area contributed by atoms with Gasteiger partial charge in [-0.2, -0.15) is 0 Å². The van der Waals surface area contributed by atoms with Crippen LogP contribution in [0.2, 0.25) is 0 Å². The summed E-state index contributed by atoms with van der Waals surface area (Å²) < 4.78 is 5.89. The second kappa shape index (κ2) is 8.22. The molecule has 31 heavy (non-hydrogen) atoms. The van der Waals surface area contributed by atoms with Crippen molar-refractivity contribution < 1.29 is 14.0 Å². The number of rotatable bonds is 4. The van der Waals surface area contributed by atoms with Gasteiger partial charge in [-0.15, -0.1) is 0 Å². The fourth-order valence-corrected chi connectivity index (χ4v) is 4.14. The molecule has 0 spiro atoms. The summed E-state index contributed by atoms with van der Waals surface area (Å²) in [4.78, 5) is 31.5. The van der Waals surface area contributed by atoms with E-state index in [9.17, 15) is 9.59 Å². The zero-order valence-corrected chi connectivity index (χ0v) is 17.1. The lowest BCUT2D eigenvalue weighted by Crippen LogP contribution is -2.43. The van der Waals surface area contributed by atoms with Crippen LogP contribution in [0.3, 0.4) is 0 Å². The highest BCUT2D eigenvalue weighted by Gasteiger charge is 2.27. The van der Waals surface area contributed by atoms with E-state index in [0.29, 0.717) is 18.7 Å². The number of nitrogens with one attached hydrogen (secondary N) is 1. The van der Waals surface area contributed by atoms with Crippen LogP contribution in [0.4, 0.5) is 0 Å². The quantitative estimate of drug-likeness (QED) is 0.546. The van der Waals surface area contributed by atoms with Crippen LogP contribution in [0.1, 0.15) is 35.0 Å². The number of carbonyl (C=O) groups excluding carboxylic acids is 2. The molecule has 1 fully saturated rings. The van der Waals surface area contributed by atoms with Crippen LogP contribution in [-0.4, -0.2) is 41.3 Å². The van der Waals surface area contributed by atoms with Crippen molar-refractivity contribution in [2.75, 3.05) is 19.6 Å². The van der Waals surface area contributed by atoms with Crippen molar-refractivity contribution in [3.8, 4) is 0 Å². The van der Waals surface area contributed by atoms with Crippen LogP contribution in [0.5, 0.6) is 0 Å². The predicted octanol–water partition coefficient (Wildman–Crippen LogP) is 4.12. The van der Waals surface area contributed by atoms with E-state index >= 15 is 0 Å². The topological polar surface area (TPSA) is 75.4 Å². The van der Waals surface area contributed by atoms with Gasteiger partial charge in [0.1, 0.15) is 5.52 Å². The number of benzene rings is 3. The first kappa shape index (κ1) is 19.3. The number of hydrogen-bond donors (Lipinski definition) is 1. The van der Waals surface area contributed by atoms with Gasteiger partial charge < -0.3 is 14.6 Å². The van der Waals surface area contributed by atoms with Crippen molar-refractivity contribution in [1.29, 1.82) is 0 Å². The third-order valence-electron chi connectivity index (χ3n) is 5.92. The van der Waals surface area contributed by atoms with Gasteiger partial charge in [0, 0.05) is 24.6 Å². The summed E-state index contributed by atoms with van der Waals surface area (Å²) in [5.74, 6) is 0.659. The lowest BCUT2D eigenvalue weighted by Gasteiger charge is -2.30. The minimum Gasteiger partial charge on any atom is -0.440 e. The van der Waals surface area contributed by atoms with E-state index < -0.39 is 0 Å². The summed E-state index contributed by atoms with van der Waals surface area (Å²) in [6.07, 6.45) is 1.61. The van der Waals surface area contributed by atoms with Crippen LogP contribution in [0.25, 0.3) is 21.9 Å². The number of para-hydroxylation sites is 2. The van der Waals surface area contributed by atoms with Crippen LogP contribution in [-0.2, 0) is 4.79 Å². The summed E-state index contributed by atoms with van der Waals surface area (Å²) >= 11 is 0. The van der Waals surface area contributed by atoms with E-state index in [-0.39, 0.29) is 24.3 Å². The van der Waals surface area contributed by atoms with Gasteiger partial charge in [0.15, 0.2) is 11.5 Å². The molecule has 0 saturated carbocycles. The number of fused-ring (bicyclic) bond motifs is 2. The first-order chi connectivity index (χ1) is 15.2. The molecule has 1 N–H and O–H groups in total. The maximum atomic E-state index is 12.6. The molecular weight excluding hydrogens is 390 g/mol. The Morgan fingerprint density at radius 2 is 1.71 bits per heavy atom. The Kier molecular flexibility index (Phi) is 5.12. The minimum absolute atomic E-state index is 0.000779. The number of aromatic nitrogens is 1. The molecule has 6 heteroatoms. The van der Waals surface area contributed by atoms with Gasteiger partial charge in [0.2, 0.25) is 5.91 Å². The minimum atomic E-state index is -0.236. The van der Waals surface area contributed by atoms with Gasteiger partial charge in [-0.3, -0.25) is 9.59 Å². The third kappa shape index (κ3) is 4.01. The second-order valence-corrected chi connectivity index (χ2v) is 7.92. The van der Waals surface area contributed by atoms with Crippen molar-refractivity contribution in [1.82, 2.24) is 15.2 Å². The van der Waals surface area contributed by atoms with Crippen LogP contribution in [0, 0.1) is 0 Å². The van der Waals surface area contributed by atoms with Crippen LogP contribution in [0.15, 0.2) is 71.1 Å². The first-order valence-electron chi connectivity index (χ1n) is 10.6. The molecule has 1 saturated heterocycles. The third-order valence-corrected chi connectivity index (χ3v) is 5.92. The number of carbonyl (C=O) groups is 2. The van der Waals surface area contributed by atoms with Gasteiger partial charge in [-0.25, -0.2) is 4.98 Å². The number of likely N-dealkylation sites (tertiary alicyclic amines) is 1. The summed E-state index contributed by atoms with van der Waals surface area (Å²) in [5.41, 5.74) is 2.22. The number of piperidine rings is 1. The van der Waals surface area contributed by atoms with Gasteiger partial charge in [-0.05, 0) is 47.9 Å². The molecule has 4 aromatic rings. The Bertz CT molecular complexity index is 1220. The SMILES string of the molecule is O=C(NCC(=O)N1CCC(c2nc3ccccc3o2)CC1)c1ccc2ccccc2c1. The van der Waals surface area contributed by atoms with Crippen LogP contribution >= 0.6 is 0 Å². The maximum absolute atomic E-state index is 12.6. The Hall–Kier alpha value is -3.67. The largest absolute Gasteiger partial charge is 0.440 e.